The maximum Gasteiger partial charge on any atom is 0.341 e. The second-order valence-corrected chi connectivity index (χ2v) is 3.72. The maximum atomic E-state index is 11.0. The van der Waals surface area contributed by atoms with Gasteiger partial charge in [-0.05, 0) is 12.8 Å². The number of carboxylic acids is 1. The van der Waals surface area contributed by atoms with E-state index in [2.05, 4.69) is 5.16 Å². The second-order valence-electron chi connectivity index (χ2n) is 3.72. The largest absolute Gasteiger partial charge is 0.477 e. The molecule has 3 N–H and O–H groups in total. The van der Waals surface area contributed by atoms with Crippen LogP contribution in [0.25, 0.3) is 0 Å². The fourth-order valence-electron chi connectivity index (χ4n) is 1.40. The lowest BCUT2D eigenvalue weighted by Crippen LogP contribution is -2.21. The summed E-state index contributed by atoms with van der Waals surface area (Å²) < 4.78 is 4.86. The van der Waals surface area contributed by atoms with Crippen LogP contribution in [0.1, 0.15) is 48.1 Å². The van der Waals surface area contributed by atoms with Crippen LogP contribution in [0.4, 0.5) is 0 Å². The van der Waals surface area contributed by atoms with Crippen molar-refractivity contribution in [2.45, 2.75) is 33.2 Å². The van der Waals surface area contributed by atoms with Crippen LogP contribution < -0.4 is 5.73 Å². The zero-order chi connectivity index (χ0) is 11.6. The molecule has 84 valence electrons. The molecule has 0 radical (unpaired) electrons. The van der Waals surface area contributed by atoms with Crippen molar-refractivity contribution < 1.29 is 14.4 Å². The molecule has 0 saturated heterocycles. The molecule has 1 rings (SSSR count). The zero-order valence-electron chi connectivity index (χ0n) is 9.15. The Hall–Kier alpha value is -1.36. The first-order valence-electron chi connectivity index (χ1n) is 4.94. The molecule has 0 aliphatic carbocycles. The summed E-state index contributed by atoms with van der Waals surface area (Å²) in [6.45, 7) is 5.53. The summed E-state index contributed by atoms with van der Waals surface area (Å²) >= 11 is 0. The third-order valence-electron chi connectivity index (χ3n) is 2.68. The van der Waals surface area contributed by atoms with Gasteiger partial charge in [-0.15, -0.1) is 0 Å². The topological polar surface area (TPSA) is 89.4 Å². The Labute approximate surface area is 88.2 Å². The number of carboxylic acid groups (broad SMARTS) is 1. The van der Waals surface area contributed by atoms with Gasteiger partial charge in [-0.1, -0.05) is 25.4 Å². The number of carbonyl (C=O) groups is 1. The minimum atomic E-state index is -1.04. The predicted molar refractivity (Wildman–Crippen MR) is 54.6 cm³/mol. The Morgan fingerprint density at radius 3 is 2.73 bits per heavy atom. The Morgan fingerprint density at radius 2 is 2.27 bits per heavy atom. The van der Waals surface area contributed by atoms with Crippen LogP contribution in [-0.2, 0) is 0 Å². The van der Waals surface area contributed by atoms with E-state index in [9.17, 15) is 4.79 Å². The fourth-order valence-corrected chi connectivity index (χ4v) is 1.40. The summed E-state index contributed by atoms with van der Waals surface area (Å²) in [5, 5.41) is 12.7. The number of aryl methyl sites for hydroxylation is 1. The molecule has 1 heterocycles. The van der Waals surface area contributed by atoms with Crippen molar-refractivity contribution in [3.63, 3.8) is 0 Å². The quantitative estimate of drug-likeness (QED) is 0.793. The minimum absolute atomic E-state index is 0.0998. The Balaban J connectivity index is 3.09. The Bertz CT molecular complexity index is 360. The highest BCUT2D eigenvalue weighted by atomic mass is 16.5. The van der Waals surface area contributed by atoms with Crippen molar-refractivity contribution in [2.24, 2.45) is 11.7 Å². The third kappa shape index (κ3) is 2.18. The van der Waals surface area contributed by atoms with Gasteiger partial charge >= 0.3 is 5.97 Å². The second kappa shape index (κ2) is 4.44. The Kier molecular flexibility index (Phi) is 3.47. The number of hydrogen-bond acceptors (Lipinski definition) is 4. The Morgan fingerprint density at radius 1 is 1.67 bits per heavy atom. The van der Waals surface area contributed by atoms with Crippen molar-refractivity contribution in [2.75, 3.05) is 0 Å². The third-order valence-corrected chi connectivity index (χ3v) is 2.68. The monoisotopic (exact) mass is 212 g/mol. The molecule has 0 fully saturated rings. The standard InChI is InChI=1S/C10H16N2O3/c1-4-5(2)8(11)9-7(10(13)14)6(3)15-12-9/h5,8H,4,11H2,1-3H3,(H,13,14)/t5?,8-/m0/s1. The van der Waals surface area contributed by atoms with Crippen molar-refractivity contribution in [1.82, 2.24) is 5.16 Å². The van der Waals surface area contributed by atoms with Crippen LogP contribution in [0.3, 0.4) is 0 Å². The molecule has 0 aromatic carbocycles. The lowest BCUT2D eigenvalue weighted by Gasteiger charge is -2.15. The van der Waals surface area contributed by atoms with Crippen LogP contribution in [0.5, 0.6) is 0 Å². The normalized spacial score (nSPS) is 14.9. The molecule has 0 aliphatic heterocycles. The minimum Gasteiger partial charge on any atom is -0.477 e. The first kappa shape index (κ1) is 11.7. The number of nitrogens with zero attached hydrogens (tertiary/aromatic N) is 1. The molecule has 0 amide bonds. The lowest BCUT2D eigenvalue weighted by atomic mass is 9.94. The summed E-state index contributed by atoms with van der Waals surface area (Å²) in [7, 11) is 0. The molecule has 0 bridgehead atoms. The summed E-state index contributed by atoms with van der Waals surface area (Å²) in [5.74, 6) is -0.564. The van der Waals surface area contributed by atoms with Crippen LogP contribution in [0.15, 0.2) is 4.52 Å². The van der Waals surface area contributed by atoms with Crippen molar-refractivity contribution in [1.29, 1.82) is 0 Å². The van der Waals surface area contributed by atoms with E-state index < -0.39 is 12.0 Å². The summed E-state index contributed by atoms with van der Waals surface area (Å²) in [4.78, 5) is 11.0. The molecule has 2 atom stereocenters. The fraction of sp³-hybridized carbons (Fsp3) is 0.600. The van der Waals surface area contributed by atoms with E-state index in [1.807, 2.05) is 13.8 Å². The molecular formula is C10H16N2O3. The average Bonchev–Trinajstić information content (AvgIpc) is 2.57. The summed E-state index contributed by atoms with van der Waals surface area (Å²) in [6.07, 6.45) is 0.867. The van der Waals surface area contributed by atoms with Crippen LogP contribution in [-0.4, -0.2) is 16.2 Å². The maximum absolute atomic E-state index is 11.0. The molecule has 1 unspecified atom stereocenters. The number of aromatic carboxylic acids is 1. The van der Waals surface area contributed by atoms with Gasteiger partial charge in [0, 0.05) is 0 Å². The van der Waals surface area contributed by atoms with Crippen LogP contribution in [0, 0.1) is 12.8 Å². The summed E-state index contributed by atoms with van der Waals surface area (Å²) in [6, 6.07) is -0.390. The van der Waals surface area contributed by atoms with Gasteiger partial charge in [0.25, 0.3) is 0 Å². The summed E-state index contributed by atoms with van der Waals surface area (Å²) in [5.41, 5.74) is 6.36. The van der Waals surface area contributed by atoms with E-state index in [0.29, 0.717) is 11.5 Å². The van der Waals surface area contributed by atoms with Gasteiger partial charge in [0.2, 0.25) is 0 Å². The smallest absolute Gasteiger partial charge is 0.341 e. The van der Waals surface area contributed by atoms with Crippen LogP contribution >= 0.6 is 0 Å². The molecule has 5 heteroatoms. The van der Waals surface area contributed by atoms with Gasteiger partial charge in [0.05, 0.1) is 6.04 Å². The van der Waals surface area contributed by atoms with Crippen molar-refractivity contribution in [3.8, 4) is 0 Å². The molecular weight excluding hydrogens is 196 g/mol. The predicted octanol–water partition coefficient (Wildman–Crippen LogP) is 1.73. The zero-order valence-corrected chi connectivity index (χ0v) is 9.15. The number of hydrogen-bond donors (Lipinski definition) is 2. The van der Waals surface area contributed by atoms with E-state index in [1.54, 1.807) is 6.92 Å². The first-order valence-corrected chi connectivity index (χ1v) is 4.94. The van der Waals surface area contributed by atoms with E-state index in [1.165, 1.54) is 0 Å². The number of aromatic nitrogens is 1. The van der Waals surface area contributed by atoms with Gasteiger partial charge in [0.1, 0.15) is 17.0 Å². The van der Waals surface area contributed by atoms with E-state index in [4.69, 9.17) is 15.4 Å². The van der Waals surface area contributed by atoms with Gasteiger partial charge in [-0.25, -0.2) is 4.79 Å². The molecule has 1 aromatic rings. The van der Waals surface area contributed by atoms with E-state index in [0.717, 1.165) is 6.42 Å². The molecule has 5 nitrogen and oxygen atoms in total. The van der Waals surface area contributed by atoms with E-state index >= 15 is 0 Å². The van der Waals surface area contributed by atoms with Gasteiger partial charge in [-0.3, -0.25) is 0 Å². The molecule has 0 saturated carbocycles. The van der Waals surface area contributed by atoms with Crippen molar-refractivity contribution in [3.05, 3.63) is 17.0 Å². The van der Waals surface area contributed by atoms with Crippen LogP contribution in [0.2, 0.25) is 0 Å². The van der Waals surface area contributed by atoms with Crippen molar-refractivity contribution >= 4 is 5.97 Å². The van der Waals surface area contributed by atoms with Gasteiger partial charge < -0.3 is 15.4 Å². The number of rotatable bonds is 4. The highest BCUT2D eigenvalue weighted by Gasteiger charge is 2.26. The molecule has 0 aliphatic rings. The SMILES string of the molecule is CCC(C)[C@H](N)c1noc(C)c1C(=O)O. The highest BCUT2D eigenvalue weighted by Crippen LogP contribution is 2.25. The first-order chi connectivity index (χ1) is 6.99. The highest BCUT2D eigenvalue weighted by molar-refractivity contribution is 5.90. The average molecular weight is 212 g/mol. The molecule has 0 spiro atoms. The lowest BCUT2D eigenvalue weighted by molar-refractivity contribution is 0.0693. The number of nitrogens with two attached hydrogens (primary N) is 1. The molecule has 1 aromatic heterocycles. The van der Waals surface area contributed by atoms with Gasteiger partial charge in [-0.2, -0.15) is 0 Å². The van der Waals surface area contributed by atoms with Gasteiger partial charge in [0.15, 0.2) is 0 Å². The van der Waals surface area contributed by atoms with E-state index in [-0.39, 0.29) is 11.5 Å². The molecule has 15 heavy (non-hydrogen) atoms.